The van der Waals surface area contributed by atoms with Gasteiger partial charge in [-0.05, 0) is 35.4 Å². The van der Waals surface area contributed by atoms with Crippen LogP contribution >= 0.6 is 0 Å². The first-order valence-corrected chi connectivity index (χ1v) is 8.05. The van der Waals surface area contributed by atoms with Gasteiger partial charge in [-0.3, -0.25) is 9.59 Å². The van der Waals surface area contributed by atoms with Gasteiger partial charge in [0.25, 0.3) is 11.5 Å². The van der Waals surface area contributed by atoms with Crippen LogP contribution in [0.4, 0.5) is 5.69 Å². The molecule has 0 aliphatic heterocycles. The molecular formula is C19H19N3O2. The summed E-state index contributed by atoms with van der Waals surface area (Å²) < 4.78 is 1.35. The lowest BCUT2D eigenvalue weighted by molar-refractivity contribution is 0.102. The molecule has 2 aromatic carbocycles. The first-order valence-electron chi connectivity index (χ1n) is 8.05. The summed E-state index contributed by atoms with van der Waals surface area (Å²) in [5.41, 5.74) is 0.747. The lowest BCUT2D eigenvalue weighted by Gasteiger charge is -2.08. The maximum Gasteiger partial charge on any atom is 0.276 e. The van der Waals surface area contributed by atoms with Crippen molar-refractivity contribution in [1.29, 1.82) is 0 Å². The molecule has 0 fully saturated rings. The fraction of sp³-hybridized carbons (Fsp3) is 0.211. The number of nitrogens with one attached hydrogen (secondary N) is 1. The molecule has 0 unspecified atom stereocenters. The van der Waals surface area contributed by atoms with Gasteiger partial charge in [0, 0.05) is 18.3 Å². The highest BCUT2D eigenvalue weighted by atomic mass is 16.2. The predicted molar refractivity (Wildman–Crippen MR) is 95.3 cm³/mol. The molecule has 0 aliphatic carbocycles. The maximum absolute atomic E-state index is 12.4. The smallest absolute Gasteiger partial charge is 0.276 e. The second-order valence-electron chi connectivity index (χ2n) is 5.65. The Balaban J connectivity index is 1.81. The fourth-order valence-corrected chi connectivity index (χ4v) is 2.50. The molecule has 0 saturated heterocycles. The van der Waals surface area contributed by atoms with Crippen LogP contribution in [0.1, 0.15) is 30.3 Å². The molecule has 0 spiro atoms. The number of fused-ring (bicyclic) bond motifs is 1. The normalized spacial score (nSPS) is 10.7. The monoisotopic (exact) mass is 321 g/mol. The van der Waals surface area contributed by atoms with Gasteiger partial charge in [0.2, 0.25) is 0 Å². The van der Waals surface area contributed by atoms with Crippen molar-refractivity contribution >= 4 is 22.4 Å². The van der Waals surface area contributed by atoms with Gasteiger partial charge in [0.1, 0.15) is 5.69 Å². The van der Waals surface area contributed by atoms with Gasteiger partial charge in [-0.15, -0.1) is 0 Å². The van der Waals surface area contributed by atoms with E-state index in [9.17, 15) is 9.59 Å². The van der Waals surface area contributed by atoms with Gasteiger partial charge in [-0.2, -0.15) is 5.10 Å². The molecule has 0 saturated carbocycles. The number of amides is 1. The van der Waals surface area contributed by atoms with Crippen LogP contribution < -0.4 is 10.9 Å². The highest BCUT2D eigenvalue weighted by molar-refractivity contribution is 6.03. The van der Waals surface area contributed by atoms with Crippen molar-refractivity contribution in [2.24, 2.45) is 0 Å². The van der Waals surface area contributed by atoms with Crippen LogP contribution in [-0.4, -0.2) is 15.7 Å². The summed E-state index contributed by atoms with van der Waals surface area (Å²) in [6, 6.07) is 16.5. The van der Waals surface area contributed by atoms with Gasteiger partial charge in [-0.25, -0.2) is 4.68 Å². The standard InChI is InChI=1S/C19H19N3O2/c1-2-3-12-22-18(23)11-10-17(21-22)19(24)20-16-9-8-14-6-4-5-7-15(14)13-16/h4-11,13H,2-3,12H2,1H3,(H,20,24). The van der Waals surface area contributed by atoms with Crippen molar-refractivity contribution in [1.82, 2.24) is 9.78 Å². The Labute approximate surface area is 139 Å². The highest BCUT2D eigenvalue weighted by Gasteiger charge is 2.10. The van der Waals surface area contributed by atoms with Crippen molar-refractivity contribution in [3.63, 3.8) is 0 Å². The number of nitrogens with zero attached hydrogens (tertiary/aromatic N) is 2. The average molecular weight is 321 g/mol. The van der Waals surface area contributed by atoms with Crippen molar-refractivity contribution in [3.05, 3.63) is 70.6 Å². The molecule has 0 aliphatic rings. The van der Waals surface area contributed by atoms with Crippen LogP contribution in [0.5, 0.6) is 0 Å². The minimum absolute atomic E-state index is 0.189. The second-order valence-corrected chi connectivity index (χ2v) is 5.65. The van der Waals surface area contributed by atoms with Crippen molar-refractivity contribution in [2.75, 3.05) is 5.32 Å². The van der Waals surface area contributed by atoms with Crippen LogP contribution in [0.3, 0.4) is 0 Å². The zero-order chi connectivity index (χ0) is 16.9. The van der Waals surface area contributed by atoms with Crippen molar-refractivity contribution in [2.45, 2.75) is 26.3 Å². The SMILES string of the molecule is CCCCn1nc(C(=O)Nc2ccc3ccccc3c2)ccc1=O. The average Bonchev–Trinajstić information content (AvgIpc) is 2.61. The van der Waals surface area contributed by atoms with Crippen LogP contribution in [0.25, 0.3) is 10.8 Å². The molecule has 3 rings (SSSR count). The van der Waals surface area contributed by atoms with Gasteiger partial charge in [-0.1, -0.05) is 43.7 Å². The zero-order valence-corrected chi connectivity index (χ0v) is 13.5. The predicted octanol–water partition coefficient (Wildman–Crippen LogP) is 3.45. The van der Waals surface area contributed by atoms with Gasteiger partial charge < -0.3 is 5.32 Å². The minimum atomic E-state index is -0.324. The van der Waals surface area contributed by atoms with Crippen LogP contribution in [0, 0.1) is 0 Å². The molecule has 122 valence electrons. The summed E-state index contributed by atoms with van der Waals surface area (Å²) in [5.74, 6) is -0.324. The van der Waals surface area contributed by atoms with E-state index in [0.29, 0.717) is 12.2 Å². The number of unbranched alkanes of at least 4 members (excludes halogenated alkanes) is 1. The molecule has 1 heterocycles. The molecule has 1 amide bonds. The van der Waals surface area contributed by atoms with E-state index in [0.717, 1.165) is 23.6 Å². The lowest BCUT2D eigenvalue weighted by Crippen LogP contribution is -2.26. The van der Waals surface area contributed by atoms with E-state index in [1.165, 1.54) is 16.8 Å². The molecule has 1 N–H and O–H groups in total. The molecule has 5 nitrogen and oxygen atoms in total. The van der Waals surface area contributed by atoms with E-state index in [1.807, 2.05) is 49.4 Å². The van der Waals surface area contributed by atoms with Gasteiger partial charge in [0.15, 0.2) is 0 Å². The summed E-state index contributed by atoms with van der Waals surface area (Å²) in [4.78, 5) is 24.2. The molecule has 0 atom stereocenters. The fourth-order valence-electron chi connectivity index (χ4n) is 2.50. The third kappa shape index (κ3) is 3.51. The Morgan fingerprint density at radius 3 is 2.67 bits per heavy atom. The van der Waals surface area contributed by atoms with E-state index in [1.54, 1.807) is 0 Å². The number of benzene rings is 2. The van der Waals surface area contributed by atoms with E-state index in [2.05, 4.69) is 10.4 Å². The summed E-state index contributed by atoms with van der Waals surface area (Å²) in [6.07, 6.45) is 1.81. The van der Waals surface area contributed by atoms with Gasteiger partial charge >= 0.3 is 0 Å². The highest BCUT2D eigenvalue weighted by Crippen LogP contribution is 2.19. The van der Waals surface area contributed by atoms with Crippen LogP contribution in [-0.2, 0) is 6.54 Å². The van der Waals surface area contributed by atoms with E-state index in [-0.39, 0.29) is 17.2 Å². The number of hydrogen-bond donors (Lipinski definition) is 1. The quantitative estimate of drug-likeness (QED) is 0.783. The number of carbonyl (C=O) groups excluding carboxylic acids is 1. The molecule has 0 bridgehead atoms. The maximum atomic E-state index is 12.4. The minimum Gasteiger partial charge on any atom is -0.321 e. The third-order valence-corrected chi connectivity index (χ3v) is 3.83. The number of hydrogen-bond acceptors (Lipinski definition) is 3. The molecule has 5 heteroatoms. The summed E-state index contributed by atoms with van der Waals surface area (Å²) in [6.45, 7) is 2.56. The van der Waals surface area contributed by atoms with E-state index < -0.39 is 0 Å². The van der Waals surface area contributed by atoms with Crippen LogP contribution in [0.2, 0.25) is 0 Å². The largest absolute Gasteiger partial charge is 0.321 e. The number of aromatic nitrogens is 2. The molecule has 1 aromatic heterocycles. The Hall–Kier alpha value is -2.95. The molecular weight excluding hydrogens is 302 g/mol. The first kappa shape index (κ1) is 15.9. The molecule has 0 radical (unpaired) electrons. The Morgan fingerprint density at radius 2 is 1.88 bits per heavy atom. The number of carbonyl (C=O) groups is 1. The summed E-state index contributed by atoms with van der Waals surface area (Å²) in [5, 5.41) is 9.16. The molecule has 3 aromatic rings. The Bertz CT molecular complexity index is 931. The summed E-state index contributed by atoms with van der Waals surface area (Å²) in [7, 11) is 0. The topological polar surface area (TPSA) is 64.0 Å². The second kappa shape index (κ2) is 7.08. The third-order valence-electron chi connectivity index (χ3n) is 3.83. The number of anilines is 1. The number of aryl methyl sites for hydroxylation is 1. The summed E-state index contributed by atoms with van der Waals surface area (Å²) >= 11 is 0. The van der Waals surface area contributed by atoms with Crippen molar-refractivity contribution < 1.29 is 4.79 Å². The zero-order valence-electron chi connectivity index (χ0n) is 13.5. The Morgan fingerprint density at radius 1 is 1.08 bits per heavy atom. The Kier molecular flexibility index (Phi) is 4.70. The lowest BCUT2D eigenvalue weighted by atomic mass is 10.1. The van der Waals surface area contributed by atoms with Crippen molar-refractivity contribution in [3.8, 4) is 0 Å². The van der Waals surface area contributed by atoms with E-state index >= 15 is 0 Å². The number of rotatable bonds is 5. The van der Waals surface area contributed by atoms with Gasteiger partial charge in [0.05, 0.1) is 0 Å². The molecule has 24 heavy (non-hydrogen) atoms. The van der Waals surface area contributed by atoms with E-state index in [4.69, 9.17) is 0 Å². The van der Waals surface area contributed by atoms with Crippen LogP contribution in [0.15, 0.2) is 59.4 Å². The first-order chi connectivity index (χ1) is 11.7.